The van der Waals surface area contributed by atoms with Crippen molar-refractivity contribution in [3.8, 4) is 5.75 Å². The Kier molecular flexibility index (Phi) is 8.62. The maximum absolute atomic E-state index is 13.4. The summed E-state index contributed by atoms with van der Waals surface area (Å²) in [4.78, 5) is 37.0. The summed E-state index contributed by atoms with van der Waals surface area (Å²) in [5.41, 5.74) is 2.03. The average Bonchev–Trinajstić information content (AvgIpc) is 2.93. The van der Waals surface area contributed by atoms with E-state index >= 15 is 0 Å². The smallest absolute Gasteiger partial charge is 0.269 e. The van der Waals surface area contributed by atoms with Crippen molar-refractivity contribution < 1.29 is 19.2 Å². The van der Waals surface area contributed by atoms with Gasteiger partial charge in [-0.05, 0) is 60.2 Å². The minimum Gasteiger partial charge on any atom is -0.495 e. The van der Waals surface area contributed by atoms with Crippen LogP contribution in [0.5, 0.6) is 5.75 Å². The van der Waals surface area contributed by atoms with E-state index in [0.29, 0.717) is 27.7 Å². The fourth-order valence-electron chi connectivity index (χ4n) is 3.57. The van der Waals surface area contributed by atoms with Crippen LogP contribution in [0.15, 0.2) is 102 Å². The van der Waals surface area contributed by atoms with Crippen molar-refractivity contribution in [3.05, 3.63) is 123 Å². The molecule has 0 saturated carbocycles. The first kappa shape index (κ1) is 26.7. The van der Waals surface area contributed by atoms with E-state index in [1.54, 1.807) is 42.5 Å². The van der Waals surface area contributed by atoms with E-state index in [1.807, 2.05) is 30.3 Å². The Hall–Kier alpha value is -4.34. The Balaban J connectivity index is 1.49. The highest BCUT2D eigenvalue weighted by Crippen LogP contribution is 2.38. The lowest BCUT2D eigenvalue weighted by Gasteiger charge is -2.18. The Morgan fingerprint density at radius 2 is 1.61 bits per heavy atom. The second kappa shape index (κ2) is 12.3. The molecule has 0 aliphatic rings. The molecule has 1 unspecified atom stereocenters. The lowest BCUT2D eigenvalue weighted by molar-refractivity contribution is -0.384. The van der Waals surface area contributed by atoms with Gasteiger partial charge in [-0.15, -0.1) is 11.8 Å². The van der Waals surface area contributed by atoms with E-state index in [0.717, 1.165) is 10.5 Å². The van der Waals surface area contributed by atoms with Crippen molar-refractivity contribution in [2.24, 2.45) is 0 Å². The van der Waals surface area contributed by atoms with Gasteiger partial charge in [0.1, 0.15) is 11.0 Å². The molecule has 1 atom stereocenters. The van der Waals surface area contributed by atoms with Gasteiger partial charge in [-0.25, -0.2) is 0 Å². The number of nitro benzene ring substituents is 1. The second-order valence-corrected chi connectivity index (χ2v) is 9.64. The van der Waals surface area contributed by atoms with E-state index in [2.05, 4.69) is 10.6 Å². The molecule has 0 aliphatic heterocycles. The van der Waals surface area contributed by atoms with Crippen molar-refractivity contribution in [2.45, 2.75) is 10.1 Å². The van der Waals surface area contributed by atoms with Crippen molar-refractivity contribution in [1.82, 2.24) is 0 Å². The molecule has 0 aliphatic carbocycles. The molecule has 0 bridgehead atoms. The van der Waals surface area contributed by atoms with E-state index in [4.69, 9.17) is 16.3 Å². The van der Waals surface area contributed by atoms with Gasteiger partial charge in [0.2, 0.25) is 5.91 Å². The van der Waals surface area contributed by atoms with Crippen LogP contribution in [0, 0.1) is 10.1 Å². The summed E-state index contributed by atoms with van der Waals surface area (Å²) >= 11 is 7.48. The minimum atomic E-state index is -0.583. The van der Waals surface area contributed by atoms with E-state index in [9.17, 15) is 19.7 Å². The van der Waals surface area contributed by atoms with E-state index in [-0.39, 0.29) is 11.6 Å². The summed E-state index contributed by atoms with van der Waals surface area (Å²) in [6.07, 6.45) is 0. The van der Waals surface area contributed by atoms with Gasteiger partial charge in [-0.3, -0.25) is 19.7 Å². The first-order chi connectivity index (χ1) is 18.3. The van der Waals surface area contributed by atoms with Gasteiger partial charge in [0.25, 0.3) is 11.6 Å². The number of thioether (sulfide) groups is 1. The predicted molar refractivity (Wildman–Crippen MR) is 149 cm³/mol. The van der Waals surface area contributed by atoms with Crippen LogP contribution in [0.2, 0.25) is 5.02 Å². The lowest BCUT2D eigenvalue weighted by atomic mass is 10.1. The third-order valence-corrected chi connectivity index (χ3v) is 6.97. The van der Waals surface area contributed by atoms with Crippen LogP contribution < -0.4 is 15.4 Å². The number of hydrogen-bond donors (Lipinski definition) is 2. The maximum atomic E-state index is 13.4. The van der Waals surface area contributed by atoms with Crippen LogP contribution in [-0.2, 0) is 4.79 Å². The SMILES string of the molecule is COc1ccc(Cl)cc1NC(=O)C(Sc1ccc(NC(=O)c2ccc([N+](=O)[O-])cc2)cc1)c1ccccc1. The molecule has 4 aromatic rings. The van der Waals surface area contributed by atoms with Gasteiger partial charge in [0.15, 0.2) is 0 Å². The number of benzene rings is 4. The van der Waals surface area contributed by atoms with Crippen molar-refractivity contribution in [2.75, 3.05) is 17.7 Å². The molecule has 2 N–H and O–H groups in total. The zero-order valence-corrected chi connectivity index (χ0v) is 21.7. The third-order valence-electron chi connectivity index (χ3n) is 5.47. The number of rotatable bonds is 9. The number of hydrogen-bond acceptors (Lipinski definition) is 6. The molecule has 0 radical (unpaired) electrons. The number of carbonyl (C=O) groups excluding carboxylic acids is 2. The number of amides is 2. The standard InChI is InChI=1S/C28H22ClN3O5S/c1-37-25-16-9-20(29)17-24(25)31-28(34)26(18-5-3-2-4-6-18)38-23-14-10-21(11-15-23)30-27(33)19-7-12-22(13-8-19)32(35)36/h2-17,26H,1H3,(H,30,33)(H,31,34). The molecule has 4 rings (SSSR count). The summed E-state index contributed by atoms with van der Waals surface area (Å²) in [5, 5.41) is 16.4. The molecule has 8 nitrogen and oxygen atoms in total. The Bertz CT molecular complexity index is 1450. The molecule has 10 heteroatoms. The predicted octanol–water partition coefficient (Wildman–Crippen LogP) is 6.98. The fourth-order valence-corrected chi connectivity index (χ4v) is 4.76. The van der Waals surface area contributed by atoms with Gasteiger partial charge in [-0.1, -0.05) is 41.9 Å². The monoisotopic (exact) mass is 547 g/mol. The molecular formula is C28H22ClN3O5S. The number of anilines is 2. The molecule has 0 fully saturated rings. The highest BCUT2D eigenvalue weighted by Gasteiger charge is 2.23. The summed E-state index contributed by atoms with van der Waals surface area (Å²) in [6.45, 7) is 0. The van der Waals surface area contributed by atoms with Crippen molar-refractivity contribution in [1.29, 1.82) is 0 Å². The number of halogens is 1. The summed E-state index contributed by atoms with van der Waals surface area (Å²) in [5.74, 6) is -0.151. The molecule has 0 heterocycles. The van der Waals surface area contributed by atoms with Gasteiger partial charge in [-0.2, -0.15) is 0 Å². The van der Waals surface area contributed by atoms with Gasteiger partial charge >= 0.3 is 0 Å². The highest BCUT2D eigenvalue weighted by atomic mass is 35.5. The fraction of sp³-hybridized carbons (Fsp3) is 0.0714. The third kappa shape index (κ3) is 6.70. The van der Waals surface area contributed by atoms with Gasteiger partial charge in [0.05, 0.1) is 17.7 Å². The Labute approximate surface area is 228 Å². The minimum absolute atomic E-state index is 0.0891. The number of nitrogens with one attached hydrogen (secondary N) is 2. The number of nitro groups is 1. The molecule has 192 valence electrons. The zero-order valence-electron chi connectivity index (χ0n) is 20.1. The van der Waals surface area contributed by atoms with Crippen LogP contribution in [0.1, 0.15) is 21.2 Å². The van der Waals surface area contributed by atoms with Gasteiger partial charge in [0, 0.05) is 33.3 Å². The zero-order chi connectivity index (χ0) is 27.1. The topological polar surface area (TPSA) is 111 Å². The van der Waals surface area contributed by atoms with Gasteiger partial charge < -0.3 is 15.4 Å². The van der Waals surface area contributed by atoms with E-state index in [1.165, 1.54) is 43.1 Å². The highest BCUT2D eigenvalue weighted by molar-refractivity contribution is 8.00. The quantitative estimate of drug-likeness (QED) is 0.133. The molecule has 38 heavy (non-hydrogen) atoms. The molecule has 0 spiro atoms. The number of methoxy groups -OCH3 is 1. The van der Waals surface area contributed by atoms with Crippen LogP contribution in [0.3, 0.4) is 0 Å². The number of nitrogens with zero attached hydrogens (tertiary/aromatic N) is 1. The van der Waals surface area contributed by atoms with Crippen LogP contribution in [0.25, 0.3) is 0 Å². The lowest BCUT2D eigenvalue weighted by Crippen LogP contribution is -2.19. The number of ether oxygens (including phenoxy) is 1. The van der Waals surface area contributed by atoms with Crippen LogP contribution in [0.4, 0.5) is 17.1 Å². The average molecular weight is 548 g/mol. The van der Waals surface area contributed by atoms with E-state index < -0.39 is 16.1 Å². The Morgan fingerprint density at radius 1 is 0.921 bits per heavy atom. The molecule has 0 aromatic heterocycles. The second-order valence-electron chi connectivity index (χ2n) is 8.02. The van der Waals surface area contributed by atoms with Crippen LogP contribution >= 0.6 is 23.4 Å². The molecule has 0 saturated heterocycles. The largest absolute Gasteiger partial charge is 0.495 e. The summed E-state index contributed by atoms with van der Waals surface area (Å²) < 4.78 is 5.35. The first-order valence-corrected chi connectivity index (χ1v) is 12.6. The maximum Gasteiger partial charge on any atom is 0.269 e. The summed E-state index contributed by atoms with van der Waals surface area (Å²) in [7, 11) is 1.52. The number of carbonyl (C=O) groups is 2. The Morgan fingerprint density at radius 3 is 2.24 bits per heavy atom. The molecule has 2 amide bonds. The van der Waals surface area contributed by atoms with Crippen LogP contribution in [-0.4, -0.2) is 23.8 Å². The number of non-ortho nitro benzene ring substituents is 1. The van der Waals surface area contributed by atoms with Crippen molar-refractivity contribution >= 4 is 52.2 Å². The summed E-state index contributed by atoms with van der Waals surface area (Å²) in [6, 6.07) is 26.8. The molecule has 4 aromatic carbocycles. The first-order valence-electron chi connectivity index (χ1n) is 11.4. The van der Waals surface area contributed by atoms with Crippen molar-refractivity contribution in [3.63, 3.8) is 0 Å². The normalized spacial score (nSPS) is 11.3. The molecular weight excluding hydrogens is 526 g/mol.